The lowest BCUT2D eigenvalue weighted by atomic mass is 10.0. The second-order valence-corrected chi connectivity index (χ2v) is 7.68. The van der Waals surface area contributed by atoms with Crippen LogP contribution in [0.2, 0.25) is 0 Å². The Morgan fingerprint density at radius 2 is 1.67 bits per heavy atom. The number of nitrogens with one attached hydrogen (secondary N) is 2. The van der Waals surface area contributed by atoms with Gasteiger partial charge in [0, 0.05) is 17.0 Å². The molecule has 1 aliphatic rings. The average molecular weight is 470 g/mol. The summed E-state index contributed by atoms with van der Waals surface area (Å²) in [6, 6.07) is 5.57. The number of halogens is 6. The summed E-state index contributed by atoms with van der Waals surface area (Å²) in [6.45, 7) is 0. The van der Waals surface area contributed by atoms with Crippen LogP contribution in [0.1, 0.15) is 50.9 Å². The van der Waals surface area contributed by atoms with Crippen LogP contribution in [-0.2, 0) is 6.18 Å². The second kappa shape index (κ2) is 8.13. The lowest BCUT2D eigenvalue weighted by molar-refractivity contribution is -0.156. The van der Waals surface area contributed by atoms with Crippen LogP contribution in [-0.4, -0.2) is 24.0 Å². The Morgan fingerprint density at radius 3 is 2.30 bits per heavy atom. The molecule has 0 radical (unpaired) electrons. The van der Waals surface area contributed by atoms with E-state index >= 15 is 0 Å². The van der Waals surface area contributed by atoms with Gasteiger partial charge in [0.05, 0.1) is 5.56 Å². The van der Waals surface area contributed by atoms with E-state index in [1.807, 2.05) is 0 Å². The first-order chi connectivity index (χ1) is 15.4. The molecule has 1 aromatic heterocycles. The van der Waals surface area contributed by atoms with E-state index in [2.05, 4.69) is 5.32 Å². The molecule has 0 aliphatic heterocycles. The number of amides is 2. The molecule has 0 spiro atoms. The fourth-order valence-electron chi connectivity index (χ4n) is 3.23. The number of fused-ring (bicyclic) bond motifs is 1. The summed E-state index contributed by atoms with van der Waals surface area (Å²) in [4.78, 5) is 24.6. The fraction of sp³-hybridized carbons (Fsp3) is 0.273. The summed E-state index contributed by atoms with van der Waals surface area (Å²) in [5, 5.41) is 4.84. The highest BCUT2D eigenvalue weighted by atomic mass is 19.4. The zero-order valence-electron chi connectivity index (χ0n) is 16.7. The third-order valence-electron chi connectivity index (χ3n) is 5.07. The van der Waals surface area contributed by atoms with Gasteiger partial charge in [-0.3, -0.25) is 9.59 Å². The minimum absolute atomic E-state index is 0.103. The Hall–Kier alpha value is -3.50. The summed E-state index contributed by atoms with van der Waals surface area (Å²) in [6.07, 6.45) is -8.16. The normalized spacial score (nSPS) is 15.3. The maximum absolute atomic E-state index is 13.6. The predicted molar refractivity (Wildman–Crippen MR) is 104 cm³/mol. The van der Waals surface area contributed by atoms with Crippen LogP contribution in [0.25, 0.3) is 11.0 Å². The van der Waals surface area contributed by atoms with E-state index < -0.39 is 41.2 Å². The Labute approximate surface area is 182 Å². The van der Waals surface area contributed by atoms with Gasteiger partial charge in [-0.15, -0.1) is 0 Å². The van der Waals surface area contributed by atoms with Crippen LogP contribution >= 0.6 is 0 Å². The van der Waals surface area contributed by atoms with Gasteiger partial charge in [0.2, 0.25) is 0 Å². The van der Waals surface area contributed by atoms with Gasteiger partial charge in [-0.2, -0.15) is 26.3 Å². The van der Waals surface area contributed by atoms with Gasteiger partial charge in [0.15, 0.2) is 11.8 Å². The topological polar surface area (TPSA) is 71.3 Å². The molecule has 1 fully saturated rings. The first-order valence-electron chi connectivity index (χ1n) is 9.81. The quantitative estimate of drug-likeness (QED) is 0.492. The number of furan rings is 1. The van der Waals surface area contributed by atoms with Crippen LogP contribution in [0, 0.1) is 0 Å². The van der Waals surface area contributed by atoms with E-state index in [4.69, 9.17) is 4.42 Å². The highest BCUT2D eigenvalue weighted by Gasteiger charge is 2.43. The summed E-state index contributed by atoms with van der Waals surface area (Å²) >= 11 is 0. The molecule has 0 bridgehead atoms. The van der Waals surface area contributed by atoms with Crippen LogP contribution in [0.3, 0.4) is 0 Å². The van der Waals surface area contributed by atoms with Crippen LogP contribution in [0.4, 0.5) is 26.3 Å². The molecule has 33 heavy (non-hydrogen) atoms. The number of hydrogen-bond acceptors (Lipinski definition) is 3. The Kier molecular flexibility index (Phi) is 5.59. The van der Waals surface area contributed by atoms with Gasteiger partial charge in [-0.1, -0.05) is 18.2 Å². The highest BCUT2D eigenvalue weighted by Crippen LogP contribution is 2.36. The van der Waals surface area contributed by atoms with Gasteiger partial charge in [-0.25, -0.2) is 0 Å². The second-order valence-electron chi connectivity index (χ2n) is 7.68. The molecular weight excluding hydrogens is 454 g/mol. The van der Waals surface area contributed by atoms with Crippen molar-refractivity contribution in [2.45, 2.75) is 37.3 Å². The molecule has 1 unspecified atom stereocenters. The predicted octanol–water partition coefficient (Wildman–Crippen LogP) is 5.38. The zero-order chi connectivity index (χ0) is 24.0. The van der Waals surface area contributed by atoms with Crippen molar-refractivity contribution >= 4 is 22.8 Å². The molecule has 2 N–H and O–H groups in total. The molecule has 1 aliphatic carbocycles. The van der Waals surface area contributed by atoms with Crippen molar-refractivity contribution in [1.29, 1.82) is 0 Å². The van der Waals surface area contributed by atoms with Crippen LogP contribution < -0.4 is 10.6 Å². The van der Waals surface area contributed by atoms with Crippen molar-refractivity contribution in [2.24, 2.45) is 0 Å². The zero-order valence-corrected chi connectivity index (χ0v) is 16.7. The number of benzene rings is 2. The monoisotopic (exact) mass is 470 g/mol. The van der Waals surface area contributed by atoms with E-state index in [1.165, 1.54) is 24.3 Å². The van der Waals surface area contributed by atoms with E-state index in [-0.39, 0.29) is 23.1 Å². The van der Waals surface area contributed by atoms with Gasteiger partial charge < -0.3 is 15.1 Å². The van der Waals surface area contributed by atoms with Crippen molar-refractivity contribution in [3.63, 3.8) is 0 Å². The molecule has 5 nitrogen and oxygen atoms in total. The maximum atomic E-state index is 13.6. The SMILES string of the molecule is O=C(NC1CC1)c1ccc2cc(C(=O)NC(c3cccc(C(F)(F)F)c3)C(F)(F)F)oc2c1. The van der Waals surface area contributed by atoms with Crippen molar-refractivity contribution in [3.05, 3.63) is 71.0 Å². The fourth-order valence-corrected chi connectivity index (χ4v) is 3.23. The Balaban J connectivity index is 1.58. The van der Waals surface area contributed by atoms with Crippen molar-refractivity contribution < 1.29 is 40.3 Å². The van der Waals surface area contributed by atoms with Gasteiger partial charge in [0.1, 0.15) is 5.58 Å². The minimum Gasteiger partial charge on any atom is -0.451 e. The number of alkyl halides is 6. The summed E-state index contributed by atoms with van der Waals surface area (Å²) in [5.74, 6) is -2.09. The van der Waals surface area contributed by atoms with Crippen LogP contribution in [0.15, 0.2) is 52.9 Å². The molecule has 11 heteroatoms. The maximum Gasteiger partial charge on any atom is 0.416 e. The number of hydrogen-bond donors (Lipinski definition) is 2. The molecule has 1 saturated carbocycles. The Bertz CT molecular complexity index is 1210. The molecule has 1 heterocycles. The van der Waals surface area contributed by atoms with E-state index in [1.54, 1.807) is 5.32 Å². The van der Waals surface area contributed by atoms with Crippen molar-refractivity contribution in [1.82, 2.24) is 10.6 Å². The highest BCUT2D eigenvalue weighted by molar-refractivity contribution is 6.00. The van der Waals surface area contributed by atoms with E-state index in [9.17, 15) is 35.9 Å². The first-order valence-corrected chi connectivity index (χ1v) is 9.81. The summed E-state index contributed by atoms with van der Waals surface area (Å²) in [7, 11) is 0. The number of carbonyl (C=O) groups excluding carboxylic acids is 2. The van der Waals surface area contributed by atoms with Crippen molar-refractivity contribution in [2.75, 3.05) is 0 Å². The number of carbonyl (C=O) groups is 2. The molecule has 4 rings (SSSR count). The first kappa shape index (κ1) is 22.7. The van der Waals surface area contributed by atoms with E-state index in [0.29, 0.717) is 17.5 Å². The van der Waals surface area contributed by atoms with Crippen molar-refractivity contribution in [3.8, 4) is 0 Å². The lowest BCUT2D eigenvalue weighted by Gasteiger charge is -2.22. The van der Waals surface area contributed by atoms with Gasteiger partial charge in [0.25, 0.3) is 11.8 Å². The summed E-state index contributed by atoms with van der Waals surface area (Å²) in [5.41, 5.74) is -1.69. The lowest BCUT2D eigenvalue weighted by Crippen LogP contribution is -2.38. The average Bonchev–Trinajstić information content (AvgIpc) is 3.44. The molecule has 2 amide bonds. The molecule has 174 valence electrons. The third kappa shape index (κ3) is 5.12. The van der Waals surface area contributed by atoms with E-state index in [0.717, 1.165) is 25.0 Å². The summed E-state index contributed by atoms with van der Waals surface area (Å²) < 4.78 is 84.9. The molecular formula is C22H16F6N2O3. The van der Waals surface area contributed by atoms with Gasteiger partial charge >= 0.3 is 12.4 Å². The molecule has 0 saturated heterocycles. The molecule has 1 atom stereocenters. The minimum atomic E-state index is -5.07. The number of rotatable bonds is 5. The standard InChI is InChI=1S/C22H16F6N2O3/c23-21(24,25)14-3-1-2-12(8-14)18(22(26,27)28)30-20(32)17-9-11-4-5-13(10-16(11)33-17)19(31)29-15-6-7-15/h1-5,8-10,15,18H,6-7H2,(H,29,31)(H,30,32). The molecule has 3 aromatic rings. The molecule has 2 aromatic carbocycles. The smallest absolute Gasteiger partial charge is 0.416 e. The third-order valence-corrected chi connectivity index (χ3v) is 5.07. The van der Waals surface area contributed by atoms with Gasteiger partial charge in [-0.05, 0) is 48.7 Å². The van der Waals surface area contributed by atoms with Crippen LogP contribution in [0.5, 0.6) is 0 Å². The Morgan fingerprint density at radius 1 is 0.939 bits per heavy atom. The largest absolute Gasteiger partial charge is 0.451 e.